The van der Waals surface area contributed by atoms with Crippen LogP contribution in [-0.2, 0) is 0 Å². The number of benzene rings is 4. The first-order valence-corrected chi connectivity index (χ1v) is 11.3. The van der Waals surface area contributed by atoms with Crippen molar-refractivity contribution < 1.29 is 29.6 Å². The van der Waals surface area contributed by atoms with Gasteiger partial charge in [0.25, 0.3) is 11.4 Å². The number of carboxylic acids is 2. The molecule has 0 bridgehead atoms. The van der Waals surface area contributed by atoms with E-state index in [4.69, 9.17) is 12.2 Å². The number of nitrogens with one attached hydrogen (secondary N) is 1. The SMILES string of the molecule is O=C([O-])c1ccc([N+](=O)[O-])cc1.O=C([O-])c1ccc([N+](=O)[O-])cc1.S=C(Nc1ccccc1)c1ccccc1.[Pb+2]. The monoisotopic (exact) mass is 753 g/mol. The maximum Gasteiger partial charge on any atom is 2.00 e. The Morgan fingerprint density at radius 1 is 0.575 bits per heavy atom. The van der Waals surface area contributed by atoms with E-state index >= 15 is 0 Å². The molecule has 0 aliphatic heterocycles. The first-order valence-electron chi connectivity index (χ1n) is 10.9. The van der Waals surface area contributed by atoms with Crippen LogP contribution in [-0.4, -0.2) is 54.1 Å². The van der Waals surface area contributed by atoms with Crippen molar-refractivity contribution in [3.05, 3.63) is 146 Å². The van der Waals surface area contributed by atoms with E-state index in [-0.39, 0.29) is 49.8 Å². The van der Waals surface area contributed by atoms with Gasteiger partial charge < -0.3 is 25.1 Å². The quantitative estimate of drug-likeness (QED) is 0.133. The van der Waals surface area contributed by atoms with Gasteiger partial charge >= 0.3 is 27.3 Å². The maximum atomic E-state index is 10.2. The molecule has 2 radical (unpaired) electrons. The third-order valence-corrected chi connectivity index (χ3v) is 5.03. The minimum absolute atomic E-state index is 0. The Bertz CT molecular complexity index is 1300. The second kappa shape index (κ2) is 17.1. The van der Waals surface area contributed by atoms with Crippen molar-refractivity contribution in [2.24, 2.45) is 0 Å². The number of nitrogens with zero attached hydrogens (tertiary/aromatic N) is 2. The van der Waals surface area contributed by atoms with E-state index in [1.54, 1.807) is 0 Å². The zero-order chi connectivity index (χ0) is 28.8. The summed E-state index contributed by atoms with van der Waals surface area (Å²) in [5.74, 6) is -2.69. The predicted octanol–water partition coefficient (Wildman–Crippen LogP) is 3.01. The van der Waals surface area contributed by atoms with Gasteiger partial charge in [-0.2, -0.15) is 0 Å². The standard InChI is InChI=1S/C13H11NS.2C7H5NO4.Pb/c15-13(11-7-3-1-4-8-11)14-12-9-5-2-6-10-12;2*9-7(10)5-1-3-6(4-2-5)8(11)12;/h1-10H,(H,14,15);2*1-4H,(H,9,10);/q;;;+2/p-2. The molecule has 11 nitrogen and oxygen atoms in total. The summed E-state index contributed by atoms with van der Waals surface area (Å²) in [6, 6.07) is 28.9. The molecule has 4 aromatic rings. The van der Waals surface area contributed by atoms with Gasteiger partial charge in [0.2, 0.25) is 0 Å². The summed E-state index contributed by atoms with van der Waals surface area (Å²) in [6.45, 7) is 0. The van der Waals surface area contributed by atoms with Crippen LogP contribution in [0.5, 0.6) is 0 Å². The Morgan fingerprint density at radius 3 is 1.25 bits per heavy atom. The number of non-ortho nitro benzene ring substituents is 2. The van der Waals surface area contributed by atoms with Crippen LogP contribution in [0.15, 0.2) is 109 Å². The van der Waals surface area contributed by atoms with Gasteiger partial charge in [-0.15, -0.1) is 0 Å². The largest absolute Gasteiger partial charge is 2.00 e. The Kier molecular flexibility index (Phi) is 14.3. The Hall–Kier alpha value is -4.57. The van der Waals surface area contributed by atoms with Crippen LogP contribution in [0.4, 0.5) is 17.1 Å². The molecule has 4 aromatic carbocycles. The molecule has 0 heterocycles. The van der Waals surface area contributed by atoms with Gasteiger partial charge in [0, 0.05) is 35.5 Å². The first kappa shape index (κ1) is 33.5. The number of hydrogen-bond acceptors (Lipinski definition) is 9. The van der Waals surface area contributed by atoms with Gasteiger partial charge in [0.1, 0.15) is 4.99 Å². The normalized spacial score (nSPS) is 9.20. The summed E-state index contributed by atoms with van der Waals surface area (Å²) in [6.07, 6.45) is 0. The molecule has 0 amide bonds. The smallest absolute Gasteiger partial charge is 0.545 e. The zero-order valence-corrected chi connectivity index (χ0v) is 25.2. The summed E-state index contributed by atoms with van der Waals surface area (Å²) >= 11 is 5.29. The van der Waals surface area contributed by atoms with Gasteiger partial charge in [0.15, 0.2) is 0 Å². The van der Waals surface area contributed by atoms with Crippen LogP contribution in [0.3, 0.4) is 0 Å². The van der Waals surface area contributed by atoms with Crippen molar-refractivity contribution in [2.75, 3.05) is 5.32 Å². The molecular weight excluding hydrogens is 734 g/mol. The predicted molar refractivity (Wildman–Crippen MR) is 149 cm³/mol. The van der Waals surface area contributed by atoms with E-state index in [1.807, 2.05) is 60.7 Å². The fourth-order valence-electron chi connectivity index (χ4n) is 2.75. The third kappa shape index (κ3) is 11.4. The zero-order valence-electron chi connectivity index (χ0n) is 20.5. The molecule has 0 saturated carbocycles. The molecule has 40 heavy (non-hydrogen) atoms. The van der Waals surface area contributed by atoms with Crippen molar-refractivity contribution in [3.8, 4) is 0 Å². The van der Waals surface area contributed by atoms with E-state index < -0.39 is 21.8 Å². The minimum Gasteiger partial charge on any atom is -0.545 e. The summed E-state index contributed by atoms with van der Waals surface area (Å²) in [4.78, 5) is 40.2. The van der Waals surface area contributed by atoms with Crippen molar-refractivity contribution in [1.29, 1.82) is 0 Å². The van der Waals surface area contributed by atoms with Crippen LogP contribution >= 0.6 is 12.2 Å². The fraction of sp³-hybridized carbons (Fsp3) is 0. The molecular formula is C27H19N3O8PbS. The minimum atomic E-state index is -1.34. The van der Waals surface area contributed by atoms with Gasteiger partial charge in [-0.25, -0.2) is 0 Å². The van der Waals surface area contributed by atoms with E-state index in [9.17, 15) is 40.0 Å². The Labute approximate surface area is 253 Å². The van der Waals surface area contributed by atoms with Crippen LogP contribution in [0.1, 0.15) is 26.3 Å². The Balaban J connectivity index is 0.000000299. The van der Waals surface area contributed by atoms with E-state index in [0.29, 0.717) is 0 Å². The number of anilines is 1. The average Bonchev–Trinajstić information content (AvgIpc) is 2.95. The molecule has 0 fully saturated rings. The molecule has 4 rings (SSSR count). The molecule has 0 unspecified atom stereocenters. The average molecular weight is 753 g/mol. The molecule has 0 aliphatic carbocycles. The molecule has 0 spiro atoms. The van der Waals surface area contributed by atoms with Crippen molar-refractivity contribution >= 4 is 73.5 Å². The number of carboxylic acid groups (broad SMARTS) is 2. The van der Waals surface area contributed by atoms with Crippen LogP contribution < -0.4 is 15.5 Å². The van der Waals surface area contributed by atoms with Crippen molar-refractivity contribution in [1.82, 2.24) is 0 Å². The second-order valence-corrected chi connectivity index (χ2v) is 7.78. The maximum absolute atomic E-state index is 10.2. The van der Waals surface area contributed by atoms with Crippen molar-refractivity contribution in [3.63, 3.8) is 0 Å². The van der Waals surface area contributed by atoms with E-state index in [1.165, 1.54) is 0 Å². The molecule has 0 aromatic heterocycles. The molecule has 0 aliphatic rings. The van der Waals surface area contributed by atoms with Gasteiger partial charge in [-0.1, -0.05) is 60.7 Å². The molecule has 200 valence electrons. The molecule has 13 heteroatoms. The van der Waals surface area contributed by atoms with Gasteiger partial charge in [0.05, 0.1) is 21.8 Å². The van der Waals surface area contributed by atoms with Crippen LogP contribution in [0, 0.1) is 20.2 Å². The number of carbonyl (C=O) groups is 2. The Morgan fingerprint density at radius 2 is 0.925 bits per heavy atom. The number of nitro groups is 2. The number of rotatable bonds is 6. The third-order valence-electron chi connectivity index (χ3n) is 4.70. The number of nitro benzene ring substituents is 2. The number of thiocarbonyl (C=S) groups is 1. The summed E-state index contributed by atoms with van der Waals surface area (Å²) < 4.78 is 0. The van der Waals surface area contributed by atoms with Crippen LogP contribution in [0.25, 0.3) is 0 Å². The molecule has 0 saturated heterocycles. The number of carbonyl (C=O) groups excluding carboxylic acids is 2. The number of hydrogen-bond donors (Lipinski definition) is 1. The molecule has 1 N–H and O–H groups in total. The molecule has 0 atom stereocenters. The summed E-state index contributed by atoms with van der Waals surface area (Å²) in [5, 5.41) is 43.8. The van der Waals surface area contributed by atoms with Gasteiger partial charge in [-0.05, 0) is 47.5 Å². The number of para-hydroxylation sites is 1. The second-order valence-electron chi connectivity index (χ2n) is 7.37. The first-order chi connectivity index (χ1) is 18.6. The fourth-order valence-corrected chi connectivity index (χ4v) is 3.01. The number of aromatic carboxylic acids is 2. The van der Waals surface area contributed by atoms with E-state index in [0.717, 1.165) is 64.8 Å². The summed E-state index contributed by atoms with van der Waals surface area (Å²) in [5.41, 5.74) is 1.64. The summed E-state index contributed by atoms with van der Waals surface area (Å²) in [7, 11) is 0. The topological polar surface area (TPSA) is 179 Å². The van der Waals surface area contributed by atoms with Crippen LogP contribution in [0.2, 0.25) is 0 Å². The van der Waals surface area contributed by atoms with Gasteiger partial charge in [-0.3, -0.25) is 20.2 Å². The van der Waals surface area contributed by atoms with Crippen molar-refractivity contribution in [2.45, 2.75) is 0 Å². The van der Waals surface area contributed by atoms with E-state index in [2.05, 4.69) is 5.32 Å².